The number of nitrogens with zero attached hydrogens (tertiary/aromatic N) is 1. The van der Waals surface area contributed by atoms with E-state index in [0.29, 0.717) is 5.69 Å². The van der Waals surface area contributed by atoms with Gasteiger partial charge in [-0.15, -0.1) is 11.3 Å². The van der Waals surface area contributed by atoms with Crippen molar-refractivity contribution in [2.45, 2.75) is 9.79 Å². The third-order valence-corrected chi connectivity index (χ3v) is 8.86. The van der Waals surface area contributed by atoms with E-state index in [1.54, 1.807) is 29.5 Å². The summed E-state index contributed by atoms with van der Waals surface area (Å²) in [6.45, 7) is 0. The summed E-state index contributed by atoms with van der Waals surface area (Å²) in [5.74, 6) is 0. The van der Waals surface area contributed by atoms with Crippen LogP contribution in [0, 0.1) is 0 Å². The second kappa shape index (κ2) is 7.44. The van der Waals surface area contributed by atoms with Gasteiger partial charge < -0.3 is 0 Å². The van der Waals surface area contributed by atoms with Gasteiger partial charge in [0, 0.05) is 22.0 Å². The minimum atomic E-state index is -4.13. The van der Waals surface area contributed by atoms with Crippen molar-refractivity contribution in [3.63, 3.8) is 0 Å². The number of hydrogen-bond acceptors (Lipinski definition) is 6. The Labute approximate surface area is 188 Å². The highest BCUT2D eigenvalue weighted by Gasteiger charge is 2.24. The fourth-order valence-corrected chi connectivity index (χ4v) is 7.30. The molecule has 0 fully saturated rings. The minimum Gasteiger partial charge on any atom is -0.280 e. The summed E-state index contributed by atoms with van der Waals surface area (Å²) < 4.78 is 53.8. The lowest BCUT2D eigenvalue weighted by Crippen LogP contribution is -2.16. The molecule has 0 radical (unpaired) electrons. The van der Waals surface area contributed by atoms with Crippen LogP contribution in [-0.2, 0) is 19.9 Å². The third-order valence-electron chi connectivity index (χ3n) is 5.01. The molecule has 0 saturated carbocycles. The first-order valence-corrected chi connectivity index (χ1v) is 13.7. The van der Waals surface area contributed by atoms with Crippen molar-refractivity contribution in [3.05, 3.63) is 72.8 Å². The van der Waals surface area contributed by atoms with Crippen LogP contribution in [0.3, 0.4) is 0 Å². The van der Waals surface area contributed by atoms with Crippen LogP contribution in [0.5, 0.6) is 0 Å². The predicted molar refractivity (Wildman–Crippen MR) is 127 cm³/mol. The maximum absolute atomic E-state index is 13.0. The smallest absolute Gasteiger partial charge is 0.263 e. The van der Waals surface area contributed by atoms with Gasteiger partial charge in [-0.05, 0) is 47.9 Å². The fourth-order valence-electron chi connectivity index (χ4n) is 3.55. The molecule has 0 bridgehead atoms. The zero-order valence-electron chi connectivity index (χ0n) is 16.7. The Balaban J connectivity index is 1.57. The largest absolute Gasteiger partial charge is 0.280 e. The maximum Gasteiger partial charge on any atom is 0.263 e. The molecule has 162 valence electrons. The Morgan fingerprint density at radius 2 is 1.59 bits per heavy atom. The summed E-state index contributed by atoms with van der Waals surface area (Å²) in [6, 6.07) is 20.6. The van der Waals surface area contributed by atoms with E-state index in [9.17, 15) is 16.8 Å². The molecule has 2 N–H and O–H groups in total. The van der Waals surface area contributed by atoms with E-state index in [4.69, 9.17) is 0 Å². The second-order valence-corrected chi connectivity index (χ2v) is 12.0. The molecule has 10 heteroatoms. The zero-order valence-corrected chi connectivity index (χ0v) is 19.2. The summed E-state index contributed by atoms with van der Waals surface area (Å²) in [6.07, 6.45) is 0.982. The molecule has 2 heterocycles. The van der Waals surface area contributed by atoms with Crippen molar-refractivity contribution >= 4 is 57.9 Å². The number of H-pyrrole nitrogens is 1. The van der Waals surface area contributed by atoms with Crippen molar-refractivity contribution < 1.29 is 16.8 Å². The van der Waals surface area contributed by atoms with E-state index >= 15 is 0 Å². The van der Waals surface area contributed by atoms with Gasteiger partial charge in [0.05, 0.1) is 15.3 Å². The highest BCUT2D eigenvalue weighted by atomic mass is 32.2. The van der Waals surface area contributed by atoms with Gasteiger partial charge in [0.15, 0.2) is 9.84 Å². The Kier molecular flexibility index (Phi) is 4.81. The highest BCUT2D eigenvalue weighted by Crippen LogP contribution is 2.36. The first-order valence-electron chi connectivity index (χ1n) is 9.51. The Bertz CT molecular complexity index is 1670. The molecule has 3 aromatic carbocycles. The molecule has 0 aliphatic heterocycles. The van der Waals surface area contributed by atoms with Gasteiger partial charge >= 0.3 is 0 Å². The molecule has 5 rings (SSSR count). The molecular weight excluding hydrogens is 466 g/mol. The molecule has 0 spiro atoms. The van der Waals surface area contributed by atoms with Gasteiger partial charge in [-0.3, -0.25) is 9.82 Å². The number of anilines is 1. The van der Waals surface area contributed by atoms with Gasteiger partial charge in [-0.2, -0.15) is 5.10 Å². The lowest BCUT2D eigenvalue weighted by Gasteiger charge is -2.11. The summed E-state index contributed by atoms with van der Waals surface area (Å²) in [5.41, 5.74) is 1.79. The normalized spacial score (nSPS) is 12.4. The summed E-state index contributed by atoms with van der Waals surface area (Å²) >= 11 is 1.60. The number of rotatable bonds is 5. The molecule has 0 saturated heterocycles. The summed E-state index contributed by atoms with van der Waals surface area (Å²) in [4.78, 5) is 0.419. The van der Waals surface area contributed by atoms with E-state index in [-0.39, 0.29) is 9.79 Å². The SMILES string of the molecule is CS(=O)(=O)c1ccccc1S(=O)(=O)Nc1ccc2[nH]nc(-c3cc4ccccc4s3)c2c1. The highest BCUT2D eigenvalue weighted by molar-refractivity contribution is 7.95. The molecular formula is C22H17N3O4S3. The van der Waals surface area contributed by atoms with Crippen molar-refractivity contribution in [2.24, 2.45) is 0 Å². The number of fused-ring (bicyclic) bond motifs is 2. The Morgan fingerprint density at radius 3 is 2.34 bits per heavy atom. The molecule has 0 aliphatic rings. The average Bonchev–Trinajstić information content (AvgIpc) is 3.36. The molecule has 0 aliphatic carbocycles. The molecule has 0 amide bonds. The number of sulfonamides is 1. The van der Waals surface area contributed by atoms with Crippen LogP contribution in [0.2, 0.25) is 0 Å². The van der Waals surface area contributed by atoms with Gasteiger partial charge in [0.25, 0.3) is 10.0 Å². The number of aromatic nitrogens is 2. The summed E-state index contributed by atoms with van der Waals surface area (Å²) in [7, 11) is -7.86. The number of aromatic amines is 1. The number of nitrogens with one attached hydrogen (secondary N) is 2. The Morgan fingerprint density at radius 1 is 0.875 bits per heavy atom. The van der Waals surface area contributed by atoms with Crippen molar-refractivity contribution in [2.75, 3.05) is 11.0 Å². The first-order chi connectivity index (χ1) is 15.2. The van der Waals surface area contributed by atoms with Crippen LogP contribution in [0.1, 0.15) is 0 Å². The fraction of sp³-hybridized carbons (Fsp3) is 0.0455. The molecule has 2 aromatic heterocycles. The van der Waals surface area contributed by atoms with Gasteiger partial charge in [-0.1, -0.05) is 30.3 Å². The molecule has 5 aromatic rings. The first kappa shape index (κ1) is 20.7. The topological polar surface area (TPSA) is 109 Å². The van der Waals surface area contributed by atoms with E-state index < -0.39 is 19.9 Å². The monoisotopic (exact) mass is 483 g/mol. The van der Waals surface area contributed by atoms with Crippen LogP contribution in [0.4, 0.5) is 5.69 Å². The average molecular weight is 484 g/mol. The molecule has 0 atom stereocenters. The standard InChI is InChI=1S/C22H17N3O4S3/c1-31(26,27)20-8-4-5-9-21(20)32(28,29)25-15-10-11-17-16(13-15)22(24-23-17)19-12-14-6-2-3-7-18(14)30-19/h2-13,25H,1H3,(H,23,24). The van der Waals surface area contributed by atoms with Crippen LogP contribution in [0.15, 0.2) is 82.6 Å². The molecule has 7 nitrogen and oxygen atoms in total. The van der Waals surface area contributed by atoms with E-state index in [1.807, 2.05) is 24.3 Å². The van der Waals surface area contributed by atoms with Gasteiger partial charge in [0.1, 0.15) is 10.6 Å². The lowest BCUT2D eigenvalue weighted by molar-refractivity contribution is 0.588. The van der Waals surface area contributed by atoms with E-state index in [1.165, 1.54) is 24.3 Å². The van der Waals surface area contributed by atoms with Crippen LogP contribution in [-0.4, -0.2) is 33.3 Å². The quantitative estimate of drug-likeness (QED) is 0.378. The van der Waals surface area contributed by atoms with Crippen molar-refractivity contribution in [1.29, 1.82) is 0 Å². The minimum absolute atomic E-state index is 0.247. The zero-order chi connectivity index (χ0) is 22.5. The van der Waals surface area contributed by atoms with E-state index in [2.05, 4.69) is 21.0 Å². The summed E-state index contributed by atoms with van der Waals surface area (Å²) in [5, 5.41) is 9.28. The lowest BCUT2D eigenvalue weighted by atomic mass is 10.1. The number of thiophene rings is 1. The molecule has 0 unspecified atom stereocenters. The maximum atomic E-state index is 13.0. The van der Waals surface area contributed by atoms with Gasteiger partial charge in [-0.25, -0.2) is 16.8 Å². The third kappa shape index (κ3) is 3.66. The predicted octanol–water partition coefficient (Wildman–Crippen LogP) is 4.65. The van der Waals surface area contributed by atoms with Crippen LogP contribution in [0.25, 0.3) is 31.6 Å². The van der Waals surface area contributed by atoms with Crippen molar-refractivity contribution in [1.82, 2.24) is 10.2 Å². The second-order valence-electron chi connectivity index (χ2n) is 7.31. The number of hydrogen-bond donors (Lipinski definition) is 2. The number of sulfone groups is 1. The van der Waals surface area contributed by atoms with Crippen molar-refractivity contribution in [3.8, 4) is 10.6 Å². The number of benzene rings is 3. The molecule has 32 heavy (non-hydrogen) atoms. The Hall–Kier alpha value is -3.21. The van der Waals surface area contributed by atoms with E-state index in [0.717, 1.165) is 37.8 Å². The van der Waals surface area contributed by atoms with Crippen LogP contribution >= 0.6 is 11.3 Å². The van der Waals surface area contributed by atoms with Gasteiger partial charge in [0.2, 0.25) is 0 Å². The van der Waals surface area contributed by atoms with Crippen LogP contribution < -0.4 is 4.72 Å².